The van der Waals surface area contributed by atoms with Gasteiger partial charge in [0.1, 0.15) is 10.6 Å². The van der Waals surface area contributed by atoms with Crippen molar-refractivity contribution in [3.8, 4) is 11.1 Å². The van der Waals surface area contributed by atoms with Gasteiger partial charge in [0.2, 0.25) is 0 Å². The normalized spacial score (nSPS) is 10.5. The highest BCUT2D eigenvalue weighted by Crippen LogP contribution is 2.40. The standard InChI is InChI=1S/C17H11Cl2NO3S2/c1-23-17(22)14-11(10-5-4-9(18)7-12(10)19)8-25-16(14)20-15(21)13-3-2-6-24-13/h2-8H,1H3,(H,20,21). The van der Waals surface area contributed by atoms with Crippen LogP contribution in [0.5, 0.6) is 0 Å². The molecule has 1 aromatic carbocycles. The average molecular weight is 412 g/mol. The zero-order valence-corrected chi connectivity index (χ0v) is 16.0. The van der Waals surface area contributed by atoms with E-state index in [1.165, 1.54) is 29.8 Å². The number of carbonyl (C=O) groups excluding carboxylic acids is 2. The Bertz CT molecular complexity index is 936. The van der Waals surface area contributed by atoms with Gasteiger partial charge in [0.05, 0.1) is 12.0 Å². The third kappa shape index (κ3) is 3.72. The molecule has 1 amide bonds. The second kappa shape index (κ2) is 7.58. The van der Waals surface area contributed by atoms with Gasteiger partial charge in [-0.3, -0.25) is 4.79 Å². The van der Waals surface area contributed by atoms with Gasteiger partial charge in [-0.1, -0.05) is 35.3 Å². The van der Waals surface area contributed by atoms with Gasteiger partial charge < -0.3 is 10.1 Å². The lowest BCUT2D eigenvalue weighted by Gasteiger charge is -2.08. The quantitative estimate of drug-likeness (QED) is 0.549. The highest BCUT2D eigenvalue weighted by molar-refractivity contribution is 7.15. The molecule has 0 bridgehead atoms. The molecule has 128 valence electrons. The second-order valence-corrected chi connectivity index (χ2v) is 7.57. The number of halogens is 2. The number of esters is 1. The molecular weight excluding hydrogens is 401 g/mol. The lowest BCUT2D eigenvalue weighted by atomic mass is 10.0. The van der Waals surface area contributed by atoms with Gasteiger partial charge in [-0.05, 0) is 23.6 Å². The predicted octanol–water partition coefficient (Wildman–Crippen LogP) is 5.82. The first kappa shape index (κ1) is 17.9. The molecule has 2 aromatic heterocycles. The van der Waals surface area contributed by atoms with Gasteiger partial charge in [-0.2, -0.15) is 0 Å². The lowest BCUT2D eigenvalue weighted by molar-refractivity contribution is 0.0603. The molecule has 0 saturated heterocycles. The van der Waals surface area contributed by atoms with Crippen LogP contribution in [0.3, 0.4) is 0 Å². The van der Waals surface area contributed by atoms with Crippen LogP contribution in [0.2, 0.25) is 10.0 Å². The summed E-state index contributed by atoms with van der Waals surface area (Å²) in [5, 5.41) is 7.65. The number of rotatable bonds is 4. The van der Waals surface area contributed by atoms with Crippen molar-refractivity contribution in [1.82, 2.24) is 0 Å². The van der Waals surface area contributed by atoms with Gasteiger partial charge in [0.25, 0.3) is 5.91 Å². The third-order valence-electron chi connectivity index (χ3n) is 3.37. The van der Waals surface area contributed by atoms with Crippen molar-refractivity contribution in [3.05, 3.63) is 61.6 Å². The van der Waals surface area contributed by atoms with E-state index < -0.39 is 5.97 Å². The van der Waals surface area contributed by atoms with Crippen molar-refractivity contribution in [1.29, 1.82) is 0 Å². The maximum Gasteiger partial charge on any atom is 0.341 e. The van der Waals surface area contributed by atoms with Gasteiger partial charge in [-0.25, -0.2) is 4.79 Å². The van der Waals surface area contributed by atoms with Gasteiger partial charge in [0.15, 0.2) is 0 Å². The number of methoxy groups -OCH3 is 1. The molecule has 25 heavy (non-hydrogen) atoms. The molecule has 0 atom stereocenters. The highest BCUT2D eigenvalue weighted by atomic mass is 35.5. The smallest absolute Gasteiger partial charge is 0.341 e. The molecule has 3 aromatic rings. The van der Waals surface area contributed by atoms with E-state index in [-0.39, 0.29) is 11.5 Å². The van der Waals surface area contributed by atoms with E-state index in [9.17, 15) is 9.59 Å². The summed E-state index contributed by atoms with van der Waals surface area (Å²) in [6.45, 7) is 0. The number of hydrogen-bond acceptors (Lipinski definition) is 5. The van der Waals surface area contributed by atoms with Crippen LogP contribution >= 0.6 is 45.9 Å². The summed E-state index contributed by atoms with van der Waals surface area (Å²) in [5.41, 5.74) is 1.49. The molecule has 2 heterocycles. The van der Waals surface area contributed by atoms with Crippen LogP contribution in [-0.2, 0) is 4.74 Å². The molecule has 0 radical (unpaired) electrons. The summed E-state index contributed by atoms with van der Waals surface area (Å²) in [6.07, 6.45) is 0. The number of thiophene rings is 2. The van der Waals surface area contributed by atoms with E-state index in [0.29, 0.717) is 31.1 Å². The van der Waals surface area contributed by atoms with Crippen molar-refractivity contribution in [2.24, 2.45) is 0 Å². The number of anilines is 1. The van der Waals surface area contributed by atoms with Gasteiger partial charge >= 0.3 is 5.97 Å². The molecule has 4 nitrogen and oxygen atoms in total. The van der Waals surface area contributed by atoms with Crippen molar-refractivity contribution in [2.75, 3.05) is 12.4 Å². The first-order chi connectivity index (χ1) is 12.0. The van der Waals surface area contributed by atoms with E-state index in [1.807, 2.05) is 5.38 Å². The Morgan fingerprint density at radius 2 is 1.92 bits per heavy atom. The summed E-state index contributed by atoms with van der Waals surface area (Å²) in [7, 11) is 1.29. The zero-order chi connectivity index (χ0) is 18.0. The lowest BCUT2D eigenvalue weighted by Crippen LogP contribution is -2.13. The molecule has 8 heteroatoms. The highest BCUT2D eigenvalue weighted by Gasteiger charge is 2.24. The first-order valence-corrected chi connectivity index (χ1v) is 9.53. The Morgan fingerprint density at radius 1 is 1.12 bits per heavy atom. The summed E-state index contributed by atoms with van der Waals surface area (Å²) >= 11 is 14.7. The van der Waals surface area contributed by atoms with Crippen LogP contribution in [0.4, 0.5) is 5.00 Å². The van der Waals surface area contributed by atoms with E-state index in [4.69, 9.17) is 27.9 Å². The van der Waals surface area contributed by atoms with E-state index in [0.717, 1.165) is 0 Å². The third-order valence-corrected chi connectivity index (χ3v) is 5.69. The molecule has 1 N–H and O–H groups in total. The number of ether oxygens (including phenoxy) is 1. The van der Waals surface area contributed by atoms with Gasteiger partial charge in [0, 0.05) is 26.6 Å². The summed E-state index contributed by atoms with van der Waals surface area (Å²) in [5.74, 6) is -0.834. The predicted molar refractivity (Wildman–Crippen MR) is 103 cm³/mol. The fourth-order valence-electron chi connectivity index (χ4n) is 2.23. The van der Waals surface area contributed by atoms with E-state index in [2.05, 4.69) is 5.32 Å². The van der Waals surface area contributed by atoms with Crippen LogP contribution in [-0.4, -0.2) is 19.0 Å². The number of carbonyl (C=O) groups is 2. The zero-order valence-electron chi connectivity index (χ0n) is 12.8. The maximum absolute atomic E-state index is 12.3. The Balaban J connectivity index is 2.04. The number of amides is 1. The van der Waals surface area contributed by atoms with E-state index in [1.54, 1.807) is 35.7 Å². The average Bonchev–Trinajstić information content (AvgIpc) is 3.24. The Labute approximate surface area is 162 Å². The Hall–Kier alpha value is -1.86. The number of hydrogen-bond donors (Lipinski definition) is 1. The van der Waals surface area contributed by atoms with Crippen molar-refractivity contribution in [2.45, 2.75) is 0 Å². The molecule has 0 aliphatic rings. The van der Waals surface area contributed by atoms with Crippen LogP contribution in [0.1, 0.15) is 20.0 Å². The number of benzene rings is 1. The fraction of sp³-hybridized carbons (Fsp3) is 0.0588. The van der Waals surface area contributed by atoms with Gasteiger partial charge in [-0.15, -0.1) is 22.7 Å². The Kier molecular flexibility index (Phi) is 5.44. The summed E-state index contributed by atoms with van der Waals surface area (Å²) in [6, 6.07) is 8.51. The van der Waals surface area contributed by atoms with Crippen LogP contribution in [0.15, 0.2) is 41.1 Å². The molecule has 0 aliphatic heterocycles. The van der Waals surface area contributed by atoms with Crippen molar-refractivity contribution >= 4 is 62.8 Å². The number of nitrogens with one attached hydrogen (secondary N) is 1. The topological polar surface area (TPSA) is 55.4 Å². The summed E-state index contributed by atoms with van der Waals surface area (Å²) < 4.78 is 4.88. The first-order valence-electron chi connectivity index (χ1n) is 7.01. The van der Waals surface area contributed by atoms with E-state index >= 15 is 0 Å². The minimum atomic E-state index is -0.552. The molecule has 3 rings (SSSR count). The molecule has 0 unspecified atom stereocenters. The second-order valence-electron chi connectivity index (χ2n) is 4.90. The summed E-state index contributed by atoms with van der Waals surface area (Å²) in [4.78, 5) is 25.2. The maximum atomic E-state index is 12.3. The van der Waals surface area contributed by atoms with Crippen molar-refractivity contribution in [3.63, 3.8) is 0 Å². The molecule has 0 aliphatic carbocycles. The SMILES string of the molecule is COC(=O)c1c(-c2ccc(Cl)cc2Cl)csc1NC(=O)c1cccs1. The minimum absolute atomic E-state index is 0.265. The Morgan fingerprint density at radius 3 is 2.56 bits per heavy atom. The van der Waals surface area contributed by atoms with Crippen molar-refractivity contribution < 1.29 is 14.3 Å². The monoisotopic (exact) mass is 411 g/mol. The minimum Gasteiger partial charge on any atom is -0.465 e. The van der Waals surface area contributed by atoms with Crippen LogP contribution in [0.25, 0.3) is 11.1 Å². The molecular formula is C17H11Cl2NO3S2. The van der Waals surface area contributed by atoms with Crippen LogP contribution < -0.4 is 5.32 Å². The largest absolute Gasteiger partial charge is 0.465 e. The molecule has 0 spiro atoms. The molecule has 0 fully saturated rings. The fourth-order valence-corrected chi connectivity index (χ4v) is 4.31. The molecule has 0 saturated carbocycles. The van der Waals surface area contributed by atoms with Crippen LogP contribution in [0, 0.1) is 0 Å².